The number of hydrogen-bond donors (Lipinski definition) is 1. The molecule has 0 aliphatic carbocycles. The third-order valence-electron chi connectivity index (χ3n) is 2.84. The van der Waals surface area contributed by atoms with Crippen LogP contribution in [-0.4, -0.2) is 25.3 Å². The zero-order chi connectivity index (χ0) is 14.5. The second kappa shape index (κ2) is 6.80. The van der Waals surface area contributed by atoms with Crippen LogP contribution in [0.4, 0.5) is 18.9 Å². The van der Waals surface area contributed by atoms with Crippen LogP contribution in [-0.2, 0) is 6.54 Å². The average Bonchev–Trinajstić information content (AvgIpc) is 2.32. The largest absolute Gasteiger partial charge is 0.405 e. The maximum absolute atomic E-state index is 12.7. The van der Waals surface area contributed by atoms with Gasteiger partial charge in [0.05, 0.1) is 0 Å². The van der Waals surface area contributed by atoms with Gasteiger partial charge in [0.15, 0.2) is 0 Å². The predicted octanol–water partition coefficient (Wildman–Crippen LogP) is 3.57. The Labute approximate surface area is 112 Å². The number of anilines is 1. The average molecular weight is 274 g/mol. The van der Waals surface area contributed by atoms with Gasteiger partial charge in [-0.2, -0.15) is 13.2 Å². The minimum absolute atomic E-state index is 0.204. The van der Waals surface area contributed by atoms with Crippen molar-refractivity contribution in [1.29, 1.82) is 0 Å². The first-order valence-corrected chi connectivity index (χ1v) is 6.47. The van der Waals surface area contributed by atoms with Gasteiger partial charge in [-0.05, 0) is 32.0 Å². The van der Waals surface area contributed by atoms with Crippen LogP contribution in [0.3, 0.4) is 0 Å². The molecule has 0 atom stereocenters. The van der Waals surface area contributed by atoms with E-state index in [1.165, 1.54) is 4.90 Å². The summed E-state index contributed by atoms with van der Waals surface area (Å²) in [6, 6.07) is 7.03. The standard InChI is InChI=1S/C14H21F3N2/c1-4-18-9-12-7-5-6-8-13(12)19(11(2)3)10-14(15,16)17/h5-8,11,18H,4,9-10H2,1-3H3. The van der Waals surface area contributed by atoms with Crippen molar-refractivity contribution in [2.75, 3.05) is 18.0 Å². The Kier molecular flexibility index (Phi) is 5.66. The van der Waals surface area contributed by atoms with Crippen LogP contribution >= 0.6 is 0 Å². The van der Waals surface area contributed by atoms with Gasteiger partial charge in [0, 0.05) is 18.3 Å². The van der Waals surface area contributed by atoms with E-state index >= 15 is 0 Å². The van der Waals surface area contributed by atoms with Gasteiger partial charge in [0.1, 0.15) is 6.54 Å². The van der Waals surface area contributed by atoms with Crippen molar-refractivity contribution in [3.63, 3.8) is 0 Å². The maximum Gasteiger partial charge on any atom is 0.405 e. The van der Waals surface area contributed by atoms with Crippen LogP contribution < -0.4 is 10.2 Å². The van der Waals surface area contributed by atoms with Gasteiger partial charge in [0.25, 0.3) is 0 Å². The predicted molar refractivity (Wildman–Crippen MR) is 72.4 cm³/mol. The summed E-state index contributed by atoms with van der Waals surface area (Å²) >= 11 is 0. The zero-order valence-corrected chi connectivity index (χ0v) is 11.6. The van der Waals surface area contributed by atoms with E-state index in [4.69, 9.17) is 0 Å². The molecule has 0 bridgehead atoms. The van der Waals surface area contributed by atoms with Gasteiger partial charge in [0.2, 0.25) is 0 Å². The smallest absolute Gasteiger partial charge is 0.360 e. The van der Waals surface area contributed by atoms with E-state index in [-0.39, 0.29) is 6.04 Å². The molecule has 0 fully saturated rings. The topological polar surface area (TPSA) is 15.3 Å². The molecule has 1 rings (SSSR count). The van der Waals surface area contributed by atoms with Gasteiger partial charge in [-0.1, -0.05) is 25.1 Å². The lowest BCUT2D eigenvalue weighted by Gasteiger charge is -2.31. The number of hydrogen-bond acceptors (Lipinski definition) is 2. The van der Waals surface area contributed by atoms with Crippen molar-refractivity contribution >= 4 is 5.69 Å². The molecule has 0 aliphatic heterocycles. The summed E-state index contributed by atoms with van der Waals surface area (Å²) in [6.45, 7) is 5.96. The molecular formula is C14H21F3N2. The molecule has 0 amide bonds. The molecule has 0 saturated heterocycles. The van der Waals surface area contributed by atoms with Crippen LogP contribution in [0.15, 0.2) is 24.3 Å². The zero-order valence-electron chi connectivity index (χ0n) is 11.6. The van der Waals surface area contributed by atoms with Crippen LogP contribution in [0.5, 0.6) is 0 Å². The highest BCUT2D eigenvalue weighted by Crippen LogP contribution is 2.27. The number of nitrogens with one attached hydrogen (secondary N) is 1. The number of nitrogens with zero attached hydrogens (tertiary/aromatic N) is 1. The van der Waals surface area contributed by atoms with Crippen LogP contribution in [0, 0.1) is 0 Å². The number of alkyl halides is 3. The SMILES string of the molecule is CCNCc1ccccc1N(CC(F)(F)F)C(C)C. The number of para-hydroxylation sites is 1. The van der Waals surface area contributed by atoms with Gasteiger partial charge in [-0.25, -0.2) is 0 Å². The van der Waals surface area contributed by atoms with E-state index in [2.05, 4.69) is 5.32 Å². The molecule has 1 aromatic carbocycles. The molecule has 19 heavy (non-hydrogen) atoms. The molecule has 0 spiro atoms. The molecule has 1 aromatic rings. The minimum Gasteiger partial charge on any atom is -0.360 e. The monoisotopic (exact) mass is 274 g/mol. The Hall–Kier alpha value is -1.23. The molecule has 1 N–H and O–H groups in total. The van der Waals surface area contributed by atoms with E-state index in [1.54, 1.807) is 26.0 Å². The molecule has 0 heterocycles. The van der Waals surface area contributed by atoms with E-state index in [0.29, 0.717) is 12.2 Å². The van der Waals surface area contributed by atoms with E-state index < -0.39 is 12.7 Å². The van der Waals surface area contributed by atoms with Crippen LogP contribution in [0.2, 0.25) is 0 Å². The molecule has 5 heteroatoms. The summed E-state index contributed by atoms with van der Waals surface area (Å²) in [4.78, 5) is 1.40. The molecule has 0 radical (unpaired) electrons. The fourth-order valence-corrected chi connectivity index (χ4v) is 1.94. The normalized spacial score (nSPS) is 11.9. The summed E-state index contributed by atoms with van der Waals surface area (Å²) < 4.78 is 38.0. The molecule has 0 saturated carbocycles. The van der Waals surface area contributed by atoms with Crippen molar-refractivity contribution in [1.82, 2.24) is 5.32 Å². The second-order valence-electron chi connectivity index (χ2n) is 4.75. The number of rotatable bonds is 6. The van der Waals surface area contributed by atoms with Crippen molar-refractivity contribution < 1.29 is 13.2 Å². The summed E-state index contributed by atoms with van der Waals surface area (Å²) in [6.07, 6.45) is -4.20. The van der Waals surface area contributed by atoms with E-state index in [1.807, 2.05) is 19.1 Å². The summed E-state index contributed by atoms with van der Waals surface area (Å²) in [7, 11) is 0. The number of halogens is 3. The molecule has 108 valence electrons. The maximum atomic E-state index is 12.7. The minimum atomic E-state index is -4.20. The lowest BCUT2D eigenvalue weighted by atomic mass is 10.1. The third kappa shape index (κ3) is 5.11. The van der Waals surface area contributed by atoms with Crippen molar-refractivity contribution in [2.24, 2.45) is 0 Å². The first-order valence-electron chi connectivity index (χ1n) is 6.47. The Morgan fingerprint density at radius 1 is 1.21 bits per heavy atom. The van der Waals surface area contributed by atoms with E-state index in [0.717, 1.165) is 12.1 Å². The lowest BCUT2D eigenvalue weighted by molar-refractivity contribution is -0.120. The van der Waals surface area contributed by atoms with Gasteiger partial charge in [-0.15, -0.1) is 0 Å². The second-order valence-corrected chi connectivity index (χ2v) is 4.75. The Morgan fingerprint density at radius 2 is 1.84 bits per heavy atom. The van der Waals surface area contributed by atoms with Crippen molar-refractivity contribution in [2.45, 2.75) is 39.5 Å². The molecule has 0 aliphatic rings. The molecule has 0 unspecified atom stereocenters. The summed E-state index contributed by atoms with van der Waals surface area (Å²) in [5, 5.41) is 3.15. The first kappa shape index (κ1) is 15.8. The Bertz CT molecular complexity index is 389. The van der Waals surface area contributed by atoms with E-state index in [9.17, 15) is 13.2 Å². The van der Waals surface area contributed by atoms with Gasteiger partial charge >= 0.3 is 6.18 Å². The highest BCUT2D eigenvalue weighted by Gasteiger charge is 2.32. The van der Waals surface area contributed by atoms with Crippen LogP contribution in [0.1, 0.15) is 26.3 Å². The highest BCUT2D eigenvalue weighted by molar-refractivity contribution is 5.54. The van der Waals surface area contributed by atoms with Crippen molar-refractivity contribution in [3.8, 4) is 0 Å². The summed E-state index contributed by atoms with van der Waals surface area (Å²) in [5.41, 5.74) is 1.54. The fourth-order valence-electron chi connectivity index (χ4n) is 1.94. The number of benzene rings is 1. The highest BCUT2D eigenvalue weighted by atomic mass is 19.4. The molecule has 2 nitrogen and oxygen atoms in total. The summed E-state index contributed by atoms with van der Waals surface area (Å²) in [5.74, 6) is 0. The van der Waals surface area contributed by atoms with Gasteiger partial charge in [-0.3, -0.25) is 0 Å². The van der Waals surface area contributed by atoms with Gasteiger partial charge < -0.3 is 10.2 Å². The third-order valence-corrected chi connectivity index (χ3v) is 2.84. The Balaban J connectivity index is 3.01. The first-order chi connectivity index (χ1) is 8.85. The molecule has 0 aromatic heterocycles. The van der Waals surface area contributed by atoms with Crippen LogP contribution in [0.25, 0.3) is 0 Å². The quantitative estimate of drug-likeness (QED) is 0.853. The Morgan fingerprint density at radius 3 is 2.37 bits per heavy atom. The fraction of sp³-hybridized carbons (Fsp3) is 0.571. The lowest BCUT2D eigenvalue weighted by Crippen LogP contribution is -2.39. The molecular weight excluding hydrogens is 253 g/mol. The van der Waals surface area contributed by atoms with Crippen molar-refractivity contribution in [3.05, 3.63) is 29.8 Å².